The first-order valence-electron chi connectivity index (χ1n) is 5.30. The molecule has 0 aromatic rings. The van der Waals surface area contributed by atoms with Crippen LogP contribution < -0.4 is 0 Å². The van der Waals surface area contributed by atoms with Crippen LogP contribution in [0.1, 0.15) is 20.8 Å². The second-order valence-corrected chi connectivity index (χ2v) is 4.91. The molecule has 0 heterocycles. The third kappa shape index (κ3) is 7.10. The second-order valence-electron chi connectivity index (χ2n) is 3.63. The molecular weight excluding hydrogens is 279 g/mol. The Bertz CT molecular complexity index is 286. The molecule has 0 aromatic carbocycles. The van der Waals surface area contributed by atoms with Crippen LogP contribution in [0.25, 0.3) is 0 Å². The normalized spacial score (nSPS) is 14.8. The minimum absolute atomic E-state index is 1.10. The molecule has 0 rings (SSSR count). The summed E-state index contributed by atoms with van der Waals surface area (Å²) in [4.78, 5) is 33.3. The smallest absolute Gasteiger partial charge is 0.549 e. The Kier molecular flexibility index (Phi) is 7.58. The number of aliphatic hydroxyl groups is 3. The lowest BCUT2D eigenvalue weighted by atomic mass is 10.4. The fourth-order valence-corrected chi connectivity index (χ4v) is 1.96. The van der Waals surface area contributed by atoms with Crippen molar-refractivity contribution >= 4 is 33.1 Å². The van der Waals surface area contributed by atoms with Crippen LogP contribution >= 0.6 is 0 Å². The molecule has 19 heavy (non-hydrogen) atoms. The molecule has 3 atom stereocenters. The van der Waals surface area contributed by atoms with E-state index in [1.165, 1.54) is 0 Å². The van der Waals surface area contributed by atoms with Gasteiger partial charge < -0.3 is 26.7 Å². The van der Waals surface area contributed by atoms with Crippen LogP contribution in [-0.2, 0) is 25.7 Å². The zero-order valence-electron chi connectivity index (χ0n) is 10.6. The molecule has 0 radical (unpaired) electrons. The van der Waals surface area contributed by atoms with E-state index in [0.717, 1.165) is 20.8 Å². The van der Waals surface area contributed by atoms with Gasteiger partial charge in [-0.15, -0.1) is 0 Å². The number of hydrogen-bond acceptors (Lipinski definition) is 9. The summed E-state index contributed by atoms with van der Waals surface area (Å²) < 4.78 is 13.5. The third-order valence-corrected chi connectivity index (χ3v) is 2.93. The standard InChI is InChI=1S/3C3H6O3.Al/c3*1-2(4)3(5)6;/h3*2,4H,1H3,(H,5,6);/q;;;+3/p-3/t3*2-;/m111./s1. The Hall–Kier alpha value is -1.18. The summed E-state index contributed by atoms with van der Waals surface area (Å²) in [5.41, 5.74) is 0. The molecule has 0 amide bonds. The fraction of sp³-hybridized carbons (Fsp3) is 0.667. The van der Waals surface area contributed by atoms with Crippen molar-refractivity contribution in [2.45, 2.75) is 39.1 Å². The molecule has 10 heteroatoms. The number of rotatable bonds is 6. The van der Waals surface area contributed by atoms with E-state index >= 15 is 0 Å². The van der Waals surface area contributed by atoms with Gasteiger partial charge in [0.2, 0.25) is 0 Å². The van der Waals surface area contributed by atoms with E-state index < -0.39 is 51.4 Å². The zero-order chi connectivity index (χ0) is 15.2. The van der Waals surface area contributed by atoms with Crippen molar-refractivity contribution in [2.24, 2.45) is 0 Å². The van der Waals surface area contributed by atoms with E-state index in [0.29, 0.717) is 0 Å². The van der Waals surface area contributed by atoms with Gasteiger partial charge in [-0.25, -0.2) is 0 Å². The van der Waals surface area contributed by atoms with Crippen LogP contribution in [0.5, 0.6) is 0 Å². The molecular formula is C9H15AlO9. The zero-order valence-corrected chi connectivity index (χ0v) is 11.8. The highest BCUT2D eigenvalue weighted by Gasteiger charge is 2.50. The summed E-state index contributed by atoms with van der Waals surface area (Å²) in [6, 6.07) is 0. The van der Waals surface area contributed by atoms with Gasteiger partial charge in [0.05, 0.1) is 0 Å². The minimum Gasteiger partial charge on any atom is -0.549 e. The van der Waals surface area contributed by atoms with Gasteiger partial charge in [-0.05, 0) is 20.8 Å². The molecule has 108 valence electrons. The van der Waals surface area contributed by atoms with Gasteiger partial charge in [0, 0.05) is 0 Å². The number of carbonyl (C=O) groups excluding carboxylic acids is 3. The average molecular weight is 294 g/mol. The second kappa shape index (κ2) is 8.09. The number of carbonyl (C=O) groups is 3. The first kappa shape index (κ1) is 17.8. The molecule has 0 bridgehead atoms. The molecule has 9 nitrogen and oxygen atoms in total. The van der Waals surface area contributed by atoms with E-state index in [9.17, 15) is 14.4 Å². The predicted molar refractivity (Wildman–Crippen MR) is 59.1 cm³/mol. The molecule has 0 saturated carbocycles. The molecule has 0 spiro atoms. The van der Waals surface area contributed by atoms with Crippen LogP contribution in [0.3, 0.4) is 0 Å². The van der Waals surface area contributed by atoms with E-state index in [1.807, 2.05) is 0 Å². The SMILES string of the molecule is C[C@@H](O)C(=O)[O][Al]([O]C(=O)[C@@H](C)O)[O]C(=O)[C@@H](C)O. The van der Waals surface area contributed by atoms with Crippen molar-refractivity contribution in [2.75, 3.05) is 0 Å². The highest BCUT2D eigenvalue weighted by atomic mass is 27.3. The Morgan fingerprint density at radius 2 is 0.947 bits per heavy atom. The lowest BCUT2D eigenvalue weighted by molar-refractivity contribution is -0.157. The van der Waals surface area contributed by atoms with Gasteiger partial charge in [0.15, 0.2) is 0 Å². The maximum atomic E-state index is 11.1. The van der Waals surface area contributed by atoms with Crippen LogP contribution in [0.4, 0.5) is 0 Å². The van der Waals surface area contributed by atoms with Crippen molar-refractivity contribution in [1.82, 2.24) is 0 Å². The Balaban J connectivity index is 4.68. The first-order valence-corrected chi connectivity index (χ1v) is 6.72. The Morgan fingerprint density at radius 3 is 1.11 bits per heavy atom. The van der Waals surface area contributed by atoms with Gasteiger partial charge in [-0.3, -0.25) is 14.4 Å². The summed E-state index contributed by atoms with van der Waals surface area (Å²) in [7, 11) is 0. The van der Waals surface area contributed by atoms with Crippen molar-refractivity contribution in [1.29, 1.82) is 0 Å². The van der Waals surface area contributed by atoms with Gasteiger partial charge in [-0.1, -0.05) is 0 Å². The van der Waals surface area contributed by atoms with Gasteiger partial charge in [0.25, 0.3) is 0 Å². The number of aliphatic hydroxyl groups excluding tert-OH is 3. The van der Waals surface area contributed by atoms with Gasteiger partial charge in [-0.2, -0.15) is 0 Å². The van der Waals surface area contributed by atoms with Crippen molar-refractivity contribution in [3.8, 4) is 0 Å². The summed E-state index contributed by atoms with van der Waals surface area (Å²) in [5, 5.41) is 26.8. The summed E-state index contributed by atoms with van der Waals surface area (Å²) in [5.74, 6) is -3.48. The highest BCUT2D eigenvalue weighted by molar-refractivity contribution is 6.44. The van der Waals surface area contributed by atoms with Crippen LogP contribution in [0, 0.1) is 0 Å². The summed E-state index contributed by atoms with van der Waals surface area (Å²) in [6.45, 7) is 3.29. The summed E-state index contributed by atoms with van der Waals surface area (Å²) >= 11 is -3.60. The average Bonchev–Trinajstić information content (AvgIpc) is 2.27. The monoisotopic (exact) mass is 294 g/mol. The molecule has 0 aliphatic heterocycles. The summed E-state index contributed by atoms with van der Waals surface area (Å²) in [6.07, 6.45) is -4.53. The van der Waals surface area contributed by atoms with Crippen LogP contribution in [-0.4, -0.2) is 66.7 Å². The van der Waals surface area contributed by atoms with E-state index in [4.69, 9.17) is 15.3 Å². The highest BCUT2D eigenvalue weighted by Crippen LogP contribution is 2.01. The minimum atomic E-state index is -3.60. The predicted octanol–water partition coefficient (Wildman–Crippen LogP) is -2.26. The quantitative estimate of drug-likeness (QED) is 0.463. The molecule has 3 N–H and O–H groups in total. The van der Waals surface area contributed by atoms with E-state index in [-0.39, 0.29) is 0 Å². The van der Waals surface area contributed by atoms with Crippen LogP contribution in [0.2, 0.25) is 0 Å². The van der Waals surface area contributed by atoms with Crippen molar-refractivity contribution in [3.05, 3.63) is 0 Å². The largest absolute Gasteiger partial charge is 1.20 e. The maximum Gasteiger partial charge on any atom is 1.20 e. The van der Waals surface area contributed by atoms with Gasteiger partial charge >= 0.3 is 33.1 Å². The van der Waals surface area contributed by atoms with E-state index in [1.54, 1.807) is 0 Å². The lowest BCUT2D eigenvalue weighted by Gasteiger charge is -2.15. The van der Waals surface area contributed by atoms with E-state index in [2.05, 4.69) is 11.4 Å². The molecule has 0 fully saturated rings. The van der Waals surface area contributed by atoms with Crippen molar-refractivity contribution < 1.29 is 41.1 Å². The molecule has 0 saturated heterocycles. The Morgan fingerprint density at radius 1 is 0.737 bits per heavy atom. The van der Waals surface area contributed by atoms with Crippen molar-refractivity contribution in [3.63, 3.8) is 0 Å². The topological polar surface area (TPSA) is 140 Å². The van der Waals surface area contributed by atoms with Crippen LogP contribution in [0.15, 0.2) is 0 Å². The molecule has 0 unspecified atom stereocenters. The fourth-order valence-electron chi connectivity index (χ4n) is 0.652. The molecule has 0 aliphatic rings. The number of hydrogen-bond donors (Lipinski definition) is 3. The molecule has 0 aromatic heterocycles. The lowest BCUT2D eigenvalue weighted by Crippen LogP contribution is -2.41. The maximum absolute atomic E-state index is 11.1. The van der Waals surface area contributed by atoms with Gasteiger partial charge in [0.1, 0.15) is 18.3 Å². The third-order valence-electron chi connectivity index (χ3n) is 1.66. The first-order chi connectivity index (χ1) is 8.65. The molecule has 0 aliphatic carbocycles. The Labute approximate surface area is 114 Å².